The first kappa shape index (κ1) is 16.3. The average molecular weight is 305 g/mol. The molecule has 0 heterocycles. The second kappa shape index (κ2) is 7.76. The molecule has 6 nitrogen and oxygen atoms in total. The summed E-state index contributed by atoms with van der Waals surface area (Å²) in [4.78, 5) is 21.8. The van der Waals surface area contributed by atoms with Crippen LogP contribution in [0.4, 0.5) is 10.1 Å². The summed E-state index contributed by atoms with van der Waals surface area (Å²) in [6, 6.07) is 2.37. The largest absolute Gasteiger partial charge is 0.383 e. The summed E-state index contributed by atoms with van der Waals surface area (Å²) in [5, 5.41) is 13.2. The van der Waals surface area contributed by atoms with E-state index >= 15 is 0 Å². The summed E-state index contributed by atoms with van der Waals surface area (Å²) < 4.78 is 18.2. The number of alkyl halides is 1. The molecule has 1 amide bonds. The van der Waals surface area contributed by atoms with E-state index < -0.39 is 22.3 Å². The van der Waals surface area contributed by atoms with Crippen molar-refractivity contribution in [1.82, 2.24) is 5.32 Å². The summed E-state index contributed by atoms with van der Waals surface area (Å²) in [6.07, 6.45) is 0.471. The number of rotatable bonds is 7. The molecule has 0 spiro atoms. The molecular weight excluding hydrogens is 291 g/mol. The number of nitro groups is 1. The number of benzene rings is 1. The van der Waals surface area contributed by atoms with E-state index in [4.69, 9.17) is 16.3 Å². The summed E-state index contributed by atoms with van der Waals surface area (Å²) in [5.41, 5.74) is -0.594. The van der Waals surface area contributed by atoms with E-state index in [2.05, 4.69) is 5.32 Å². The van der Waals surface area contributed by atoms with E-state index in [0.717, 1.165) is 18.2 Å². The summed E-state index contributed by atoms with van der Waals surface area (Å²) in [7, 11) is 1.47. The van der Waals surface area contributed by atoms with Gasteiger partial charge in [0, 0.05) is 24.6 Å². The third-order valence-electron chi connectivity index (χ3n) is 2.52. The number of nitro benzene ring substituents is 1. The molecule has 1 N–H and O–H groups in total. The van der Waals surface area contributed by atoms with E-state index in [-0.39, 0.29) is 18.2 Å². The Morgan fingerprint density at radius 3 is 2.80 bits per heavy atom. The number of non-ortho nitro benzene ring substituents is 1. The molecule has 1 aromatic rings. The Morgan fingerprint density at radius 2 is 2.25 bits per heavy atom. The van der Waals surface area contributed by atoms with E-state index in [1.165, 1.54) is 7.11 Å². The van der Waals surface area contributed by atoms with Gasteiger partial charge in [-0.25, -0.2) is 4.39 Å². The topological polar surface area (TPSA) is 81.5 Å². The number of amides is 1. The van der Waals surface area contributed by atoms with Gasteiger partial charge in [0.15, 0.2) is 0 Å². The van der Waals surface area contributed by atoms with Gasteiger partial charge in [0.1, 0.15) is 5.82 Å². The van der Waals surface area contributed by atoms with Crippen LogP contribution in [-0.2, 0) is 4.74 Å². The molecule has 0 radical (unpaired) electrons. The molecule has 1 aromatic carbocycles. The van der Waals surface area contributed by atoms with Gasteiger partial charge in [-0.1, -0.05) is 0 Å². The Hall–Kier alpha value is -1.73. The van der Waals surface area contributed by atoms with Crippen molar-refractivity contribution in [2.24, 2.45) is 0 Å². The highest BCUT2D eigenvalue weighted by molar-refractivity contribution is 6.17. The van der Waals surface area contributed by atoms with E-state index in [9.17, 15) is 19.3 Å². The maximum atomic E-state index is 13.3. The fourth-order valence-corrected chi connectivity index (χ4v) is 1.87. The molecule has 0 saturated carbocycles. The standard InChI is InChI=1S/C12H14ClFN2O4/c1-20-7-10(2-3-13)15-12(17)8-4-9(14)6-11(5-8)16(18)19/h4-6,10H,2-3,7H2,1H3,(H,15,17). The maximum Gasteiger partial charge on any atom is 0.273 e. The quantitative estimate of drug-likeness (QED) is 0.475. The van der Waals surface area contributed by atoms with Crippen molar-refractivity contribution in [3.8, 4) is 0 Å². The molecular formula is C12H14ClFN2O4. The third-order valence-corrected chi connectivity index (χ3v) is 2.73. The first-order valence-electron chi connectivity index (χ1n) is 5.78. The van der Waals surface area contributed by atoms with E-state index in [0.29, 0.717) is 12.3 Å². The van der Waals surface area contributed by atoms with Gasteiger partial charge in [-0.3, -0.25) is 14.9 Å². The van der Waals surface area contributed by atoms with Gasteiger partial charge in [-0.2, -0.15) is 0 Å². The van der Waals surface area contributed by atoms with Crippen LogP contribution in [0.3, 0.4) is 0 Å². The normalized spacial score (nSPS) is 11.9. The van der Waals surface area contributed by atoms with Crippen LogP contribution in [0, 0.1) is 15.9 Å². The van der Waals surface area contributed by atoms with Crippen LogP contribution in [0.25, 0.3) is 0 Å². The zero-order valence-corrected chi connectivity index (χ0v) is 11.5. The lowest BCUT2D eigenvalue weighted by atomic mass is 10.1. The van der Waals surface area contributed by atoms with Crippen molar-refractivity contribution in [3.05, 3.63) is 39.7 Å². The fourth-order valence-electron chi connectivity index (χ4n) is 1.61. The van der Waals surface area contributed by atoms with Gasteiger partial charge in [0.25, 0.3) is 11.6 Å². The Kier molecular flexibility index (Phi) is 6.33. The van der Waals surface area contributed by atoms with Crippen LogP contribution in [0.15, 0.2) is 18.2 Å². The summed E-state index contributed by atoms with van der Waals surface area (Å²) >= 11 is 5.60. The maximum absolute atomic E-state index is 13.3. The van der Waals surface area contributed by atoms with Crippen LogP contribution < -0.4 is 5.32 Å². The van der Waals surface area contributed by atoms with E-state index in [1.807, 2.05) is 0 Å². The van der Waals surface area contributed by atoms with Crippen molar-refractivity contribution < 1.29 is 18.8 Å². The minimum atomic E-state index is -0.843. The van der Waals surface area contributed by atoms with Crippen LogP contribution in [-0.4, -0.2) is 36.5 Å². The Balaban J connectivity index is 2.88. The minimum Gasteiger partial charge on any atom is -0.383 e. The number of nitrogens with zero attached hydrogens (tertiary/aromatic N) is 1. The van der Waals surface area contributed by atoms with Crippen molar-refractivity contribution >= 4 is 23.2 Å². The molecule has 110 valence electrons. The lowest BCUT2D eigenvalue weighted by Gasteiger charge is -2.16. The van der Waals surface area contributed by atoms with Crippen LogP contribution >= 0.6 is 11.6 Å². The molecule has 20 heavy (non-hydrogen) atoms. The Labute approximate surface area is 120 Å². The second-order valence-corrected chi connectivity index (χ2v) is 4.44. The number of hydrogen-bond acceptors (Lipinski definition) is 4. The molecule has 1 unspecified atom stereocenters. The SMILES string of the molecule is COCC(CCCl)NC(=O)c1cc(F)cc([N+](=O)[O-])c1. The Morgan fingerprint density at radius 1 is 1.55 bits per heavy atom. The van der Waals surface area contributed by atoms with Gasteiger partial charge in [-0.05, 0) is 12.5 Å². The molecule has 0 saturated heterocycles. The zero-order chi connectivity index (χ0) is 15.1. The van der Waals surface area contributed by atoms with Crippen molar-refractivity contribution in [3.63, 3.8) is 0 Å². The third kappa shape index (κ3) is 4.75. The van der Waals surface area contributed by atoms with Crippen molar-refractivity contribution in [2.75, 3.05) is 19.6 Å². The van der Waals surface area contributed by atoms with E-state index in [1.54, 1.807) is 0 Å². The first-order chi connectivity index (χ1) is 9.47. The number of methoxy groups -OCH3 is 1. The molecule has 0 fully saturated rings. The molecule has 8 heteroatoms. The lowest BCUT2D eigenvalue weighted by molar-refractivity contribution is -0.385. The Bertz CT molecular complexity index is 492. The molecule has 0 aliphatic rings. The lowest BCUT2D eigenvalue weighted by Crippen LogP contribution is -2.38. The van der Waals surface area contributed by atoms with Crippen LogP contribution in [0.2, 0.25) is 0 Å². The second-order valence-electron chi connectivity index (χ2n) is 4.06. The first-order valence-corrected chi connectivity index (χ1v) is 6.32. The van der Waals surface area contributed by atoms with Gasteiger partial charge < -0.3 is 10.1 Å². The molecule has 1 rings (SSSR count). The predicted octanol–water partition coefficient (Wildman–Crippen LogP) is 2.11. The van der Waals surface area contributed by atoms with Crippen molar-refractivity contribution in [2.45, 2.75) is 12.5 Å². The summed E-state index contributed by atoms with van der Waals surface area (Å²) in [5.74, 6) is -1.14. The van der Waals surface area contributed by atoms with Crippen molar-refractivity contribution in [1.29, 1.82) is 0 Å². The number of ether oxygens (including phenoxy) is 1. The predicted molar refractivity (Wildman–Crippen MR) is 71.5 cm³/mol. The number of carbonyl (C=O) groups is 1. The highest BCUT2D eigenvalue weighted by Crippen LogP contribution is 2.16. The molecule has 1 atom stereocenters. The number of halogens is 2. The highest BCUT2D eigenvalue weighted by atomic mass is 35.5. The van der Waals surface area contributed by atoms with Crippen LogP contribution in [0.1, 0.15) is 16.8 Å². The van der Waals surface area contributed by atoms with Crippen LogP contribution in [0.5, 0.6) is 0 Å². The average Bonchev–Trinajstić information content (AvgIpc) is 2.38. The fraction of sp³-hybridized carbons (Fsp3) is 0.417. The van der Waals surface area contributed by atoms with Gasteiger partial charge in [0.05, 0.1) is 23.6 Å². The molecule has 0 aliphatic heterocycles. The molecule has 0 aliphatic carbocycles. The number of hydrogen-bond donors (Lipinski definition) is 1. The minimum absolute atomic E-state index is 0.118. The molecule has 0 aromatic heterocycles. The number of nitrogens with one attached hydrogen (secondary N) is 1. The smallest absolute Gasteiger partial charge is 0.273 e. The molecule has 0 bridgehead atoms. The van der Waals surface area contributed by atoms with Gasteiger partial charge in [-0.15, -0.1) is 11.6 Å². The van der Waals surface area contributed by atoms with Gasteiger partial charge >= 0.3 is 0 Å². The zero-order valence-electron chi connectivity index (χ0n) is 10.8. The van der Waals surface area contributed by atoms with Gasteiger partial charge in [0.2, 0.25) is 0 Å². The highest BCUT2D eigenvalue weighted by Gasteiger charge is 2.17. The summed E-state index contributed by atoms with van der Waals surface area (Å²) in [6.45, 7) is 0.246. The number of carbonyl (C=O) groups excluding carboxylic acids is 1. The monoisotopic (exact) mass is 304 g/mol.